The third-order valence-electron chi connectivity index (χ3n) is 8.37. The molecule has 6 aromatic rings. The SMILES string of the molecule is N#C/C(=C\c1ccccc1)C(=O)Nc1scc(-c2ccc(Cl)cc2)c1C(=O)O.O=C(O)c1c(-c2ccc(Cl)cc2)csc1NC(=O)N1Cc2ccccc2C1. The number of nitrogens with zero attached hydrogens (tertiary/aromatic N) is 2. The van der Waals surface area contributed by atoms with Crippen LogP contribution in [-0.4, -0.2) is 39.0 Å². The second kappa shape index (κ2) is 17.3. The first-order chi connectivity index (χ1) is 26.5. The zero-order valence-electron chi connectivity index (χ0n) is 28.5. The van der Waals surface area contributed by atoms with Gasteiger partial charge in [-0.3, -0.25) is 10.1 Å². The summed E-state index contributed by atoms with van der Waals surface area (Å²) in [6.07, 6.45) is 1.45. The monoisotopic (exact) mass is 806 g/mol. The van der Waals surface area contributed by atoms with Crippen molar-refractivity contribution in [3.63, 3.8) is 0 Å². The predicted molar refractivity (Wildman–Crippen MR) is 217 cm³/mol. The molecule has 0 saturated heterocycles. The van der Waals surface area contributed by atoms with Crippen LogP contribution in [0.25, 0.3) is 28.3 Å². The van der Waals surface area contributed by atoms with Crippen LogP contribution in [0.3, 0.4) is 0 Å². The molecule has 7 rings (SSSR count). The van der Waals surface area contributed by atoms with Gasteiger partial charge < -0.3 is 20.4 Å². The normalized spacial score (nSPS) is 11.8. The highest BCUT2D eigenvalue weighted by atomic mass is 35.5. The van der Waals surface area contributed by atoms with Gasteiger partial charge in [-0.15, -0.1) is 22.7 Å². The first kappa shape index (κ1) is 38.5. The Bertz CT molecular complexity index is 2450. The summed E-state index contributed by atoms with van der Waals surface area (Å²) < 4.78 is 0. The minimum Gasteiger partial charge on any atom is -0.478 e. The van der Waals surface area contributed by atoms with Crippen LogP contribution in [0.1, 0.15) is 37.4 Å². The molecule has 1 aliphatic heterocycles. The number of anilines is 2. The molecule has 4 N–H and O–H groups in total. The topological polar surface area (TPSA) is 160 Å². The summed E-state index contributed by atoms with van der Waals surface area (Å²) in [4.78, 5) is 50.5. The van der Waals surface area contributed by atoms with E-state index in [4.69, 9.17) is 23.2 Å². The summed E-state index contributed by atoms with van der Waals surface area (Å²) in [7, 11) is 0. The molecule has 2 aromatic heterocycles. The molecule has 0 saturated carbocycles. The van der Waals surface area contributed by atoms with Crippen molar-refractivity contribution in [1.82, 2.24) is 4.90 Å². The first-order valence-electron chi connectivity index (χ1n) is 16.3. The second-order valence-corrected chi connectivity index (χ2v) is 14.6. The van der Waals surface area contributed by atoms with Crippen molar-refractivity contribution in [3.8, 4) is 28.3 Å². The molecule has 3 amide bonds. The highest BCUT2D eigenvalue weighted by Crippen LogP contribution is 2.38. The number of carbonyl (C=O) groups is 4. The number of amides is 3. The Kier molecular flexibility index (Phi) is 12.1. The first-order valence-corrected chi connectivity index (χ1v) is 18.9. The van der Waals surface area contributed by atoms with Gasteiger partial charge in [0.25, 0.3) is 5.91 Å². The molecule has 10 nitrogen and oxygen atoms in total. The van der Waals surface area contributed by atoms with E-state index in [0.29, 0.717) is 50.4 Å². The van der Waals surface area contributed by atoms with Gasteiger partial charge in [0.1, 0.15) is 32.8 Å². The molecular weight excluding hydrogens is 780 g/mol. The highest BCUT2D eigenvalue weighted by molar-refractivity contribution is 7.15. The number of benzene rings is 4. The summed E-state index contributed by atoms with van der Waals surface area (Å²) in [6.45, 7) is 1.03. The summed E-state index contributed by atoms with van der Waals surface area (Å²) in [6, 6.07) is 32.0. The molecule has 55 heavy (non-hydrogen) atoms. The number of nitriles is 1. The van der Waals surface area contributed by atoms with Gasteiger partial charge in [-0.25, -0.2) is 14.4 Å². The standard InChI is InChI=1S/C21H13ClN2O3S.C20H15ClN2O3S/c22-16-8-6-14(7-9-16)17-12-28-20(18(17)21(26)27)24-19(25)15(11-23)10-13-4-2-1-3-5-13;21-15-7-5-12(6-8-15)16-11-27-18(17(16)19(24)25)22-20(26)23-9-13-3-1-2-4-14(13)10-23/h1-10,12H,(H,24,25)(H,26,27);1-8,11H,9-10H2,(H,22,26)(H,24,25)/b15-10+;. The van der Waals surface area contributed by atoms with Crippen molar-refractivity contribution >= 4 is 85.8 Å². The van der Waals surface area contributed by atoms with Crippen molar-refractivity contribution < 1.29 is 29.4 Å². The lowest BCUT2D eigenvalue weighted by Crippen LogP contribution is -2.30. The fraction of sp³-hybridized carbons (Fsp3) is 0.0488. The number of halogens is 2. The zero-order chi connectivity index (χ0) is 39.1. The van der Waals surface area contributed by atoms with Crippen LogP contribution in [0.5, 0.6) is 0 Å². The number of fused-ring (bicyclic) bond motifs is 1. The molecule has 0 unspecified atom stereocenters. The molecule has 0 aliphatic carbocycles. The van der Waals surface area contributed by atoms with Crippen LogP contribution in [-0.2, 0) is 17.9 Å². The van der Waals surface area contributed by atoms with Crippen LogP contribution in [0.2, 0.25) is 10.0 Å². The Morgan fingerprint density at radius 2 is 1.13 bits per heavy atom. The smallest absolute Gasteiger partial charge is 0.339 e. The van der Waals surface area contributed by atoms with Crippen molar-refractivity contribution in [2.45, 2.75) is 13.1 Å². The van der Waals surface area contributed by atoms with E-state index < -0.39 is 17.8 Å². The predicted octanol–water partition coefficient (Wildman–Crippen LogP) is 10.6. The lowest BCUT2D eigenvalue weighted by Gasteiger charge is -2.16. The van der Waals surface area contributed by atoms with Gasteiger partial charge in [0.05, 0.1) is 0 Å². The Morgan fingerprint density at radius 1 is 0.673 bits per heavy atom. The van der Waals surface area contributed by atoms with Crippen LogP contribution in [0.15, 0.2) is 119 Å². The van der Waals surface area contributed by atoms with Crippen LogP contribution >= 0.6 is 45.9 Å². The fourth-order valence-electron chi connectivity index (χ4n) is 5.70. The lowest BCUT2D eigenvalue weighted by molar-refractivity contribution is -0.112. The van der Waals surface area contributed by atoms with E-state index in [1.807, 2.05) is 36.4 Å². The lowest BCUT2D eigenvalue weighted by atomic mass is 10.0. The third kappa shape index (κ3) is 9.12. The molecule has 0 fully saturated rings. The maximum Gasteiger partial charge on any atom is 0.339 e. The molecule has 4 aromatic carbocycles. The largest absolute Gasteiger partial charge is 0.478 e. The van der Waals surface area contributed by atoms with Crippen molar-refractivity contribution in [2.24, 2.45) is 0 Å². The number of thiophene rings is 2. The summed E-state index contributed by atoms with van der Waals surface area (Å²) >= 11 is 14.1. The van der Waals surface area contributed by atoms with E-state index in [1.54, 1.807) is 88.5 Å². The number of carbonyl (C=O) groups excluding carboxylic acids is 2. The average molecular weight is 808 g/mol. The Balaban J connectivity index is 0.000000187. The quantitative estimate of drug-likeness (QED) is 0.0879. The van der Waals surface area contributed by atoms with Crippen LogP contribution < -0.4 is 10.6 Å². The van der Waals surface area contributed by atoms with Gasteiger partial charge in [0.2, 0.25) is 0 Å². The van der Waals surface area contributed by atoms with E-state index in [9.17, 15) is 34.7 Å². The summed E-state index contributed by atoms with van der Waals surface area (Å²) in [5.41, 5.74) is 5.29. The molecule has 0 bridgehead atoms. The Morgan fingerprint density at radius 3 is 1.58 bits per heavy atom. The Labute approximate surface area is 333 Å². The van der Waals surface area contributed by atoms with Crippen molar-refractivity contribution in [1.29, 1.82) is 5.26 Å². The maximum absolute atomic E-state index is 12.7. The molecule has 0 radical (unpaired) electrons. The highest BCUT2D eigenvalue weighted by Gasteiger charge is 2.27. The molecule has 14 heteroatoms. The van der Waals surface area contributed by atoms with Gasteiger partial charge in [0.15, 0.2) is 0 Å². The average Bonchev–Trinajstić information content (AvgIpc) is 3.92. The number of carboxylic acid groups (broad SMARTS) is 2. The van der Waals surface area contributed by atoms with E-state index >= 15 is 0 Å². The second-order valence-electron chi connectivity index (χ2n) is 11.9. The molecular formula is C41H28Cl2N4O6S2. The number of aromatic carboxylic acids is 2. The molecule has 0 atom stereocenters. The molecule has 274 valence electrons. The molecule has 0 spiro atoms. The molecule has 1 aliphatic rings. The number of rotatable bonds is 8. The minimum atomic E-state index is -1.17. The van der Waals surface area contributed by atoms with Gasteiger partial charge in [-0.05, 0) is 58.2 Å². The van der Waals surface area contributed by atoms with Crippen molar-refractivity contribution in [2.75, 3.05) is 10.6 Å². The zero-order valence-corrected chi connectivity index (χ0v) is 31.6. The fourth-order valence-corrected chi connectivity index (χ4v) is 7.86. The molecule has 3 heterocycles. The number of nitrogens with one attached hydrogen (secondary N) is 2. The number of hydrogen-bond acceptors (Lipinski definition) is 7. The number of urea groups is 1. The van der Waals surface area contributed by atoms with E-state index in [0.717, 1.165) is 28.0 Å². The van der Waals surface area contributed by atoms with Crippen LogP contribution in [0.4, 0.5) is 14.8 Å². The van der Waals surface area contributed by atoms with Gasteiger partial charge in [0, 0.05) is 45.0 Å². The maximum atomic E-state index is 12.7. The Hall–Kier alpha value is -6.23. The number of carboxylic acids is 2. The van der Waals surface area contributed by atoms with E-state index in [2.05, 4.69) is 10.6 Å². The number of hydrogen-bond donors (Lipinski definition) is 4. The summed E-state index contributed by atoms with van der Waals surface area (Å²) in [5, 5.41) is 39.0. The van der Waals surface area contributed by atoms with Gasteiger partial charge in [-0.2, -0.15) is 5.26 Å². The van der Waals surface area contributed by atoms with Gasteiger partial charge >= 0.3 is 18.0 Å². The van der Waals surface area contributed by atoms with Gasteiger partial charge in [-0.1, -0.05) is 102 Å². The summed E-state index contributed by atoms with van der Waals surface area (Å²) in [5.74, 6) is -2.92. The third-order valence-corrected chi connectivity index (χ3v) is 10.7. The van der Waals surface area contributed by atoms with Crippen LogP contribution in [0, 0.1) is 11.3 Å². The van der Waals surface area contributed by atoms with Crippen molar-refractivity contribution in [3.05, 3.63) is 157 Å². The van der Waals surface area contributed by atoms with E-state index in [1.165, 1.54) is 17.4 Å². The van der Waals surface area contributed by atoms with E-state index in [-0.39, 0.29) is 27.7 Å². The minimum absolute atomic E-state index is 0.0299.